The van der Waals surface area contributed by atoms with E-state index in [1.54, 1.807) is 45.5 Å². The summed E-state index contributed by atoms with van der Waals surface area (Å²) in [6.07, 6.45) is 12.0. The van der Waals surface area contributed by atoms with E-state index >= 15 is 0 Å². The molecule has 2 aromatic heterocycles. The van der Waals surface area contributed by atoms with Crippen LogP contribution in [0, 0.1) is 0 Å². The number of rotatable bonds is 27. The number of nitrogens with zero attached hydrogens (tertiary/aromatic N) is 4. The Morgan fingerprint density at radius 1 is 0.885 bits per heavy atom. The second-order valence-corrected chi connectivity index (χ2v) is 17.8. The van der Waals surface area contributed by atoms with Crippen LogP contribution >= 0.6 is 19.2 Å². The average molecular weight is 768 g/mol. The second-order valence-electron chi connectivity index (χ2n) is 14.4. The number of hydrogen-bond donors (Lipinski definition) is 3. The molecule has 0 aliphatic carbocycles. The van der Waals surface area contributed by atoms with Crippen molar-refractivity contribution in [3.05, 3.63) is 12.7 Å². The van der Waals surface area contributed by atoms with Gasteiger partial charge >= 0.3 is 5.97 Å². The fourth-order valence-corrected chi connectivity index (χ4v) is 8.74. The molecule has 1 unspecified atom stereocenters. The molecule has 0 spiro atoms. The molecule has 0 bridgehead atoms. The number of thioether (sulfide) groups is 1. The van der Waals surface area contributed by atoms with Crippen LogP contribution in [-0.2, 0) is 39.8 Å². The zero-order chi connectivity index (χ0) is 38.8. The maximum absolute atomic E-state index is 14.7. The van der Waals surface area contributed by atoms with Gasteiger partial charge in [0.05, 0.1) is 31.1 Å². The van der Waals surface area contributed by atoms with Gasteiger partial charge in [0, 0.05) is 25.5 Å². The number of unbranched alkanes of at least 4 members (excludes halogenated alkanes) is 7. The molecule has 0 aromatic carbocycles. The zero-order valence-corrected chi connectivity index (χ0v) is 34.3. The topological polar surface area (TPSA) is 183 Å². The SMILES string of the molecule is CCCCCCCC(=O)C(C)(C)NP(=O)(CO[C@H](C)Cn1cnc2c(NC(=O)CCCSC(C)=O)ncnc21)NC(C)(C)C(=O)OCCCCCC. The van der Waals surface area contributed by atoms with E-state index in [-0.39, 0.29) is 48.5 Å². The first kappa shape index (κ1) is 45.4. The number of Topliss-reactive ketones (excluding diaryl/α,β-unsaturated/α-hetero) is 1. The molecule has 294 valence electrons. The summed E-state index contributed by atoms with van der Waals surface area (Å²) in [5.74, 6) is -0.0251. The average Bonchev–Trinajstić information content (AvgIpc) is 3.48. The second kappa shape index (κ2) is 22.5. The number of hydrogen-bond acceptors (Lipinski definition) is 11. The van der Waals surface area contributed by atoms with Crippen molar-refractivity contribution in [1.82, 2.24) is 29.7 Å². The van der Waals surface area contributed by atoms with Crippen molar-refractivity contribution in [3.63, 3.8) is 0 Å². The minimum atomic E-state index is -3.76. The van der Waals surface area contributed by atoms with E-state index in [2.05, 4.69) is 44.3 Å². The first-order valence-electron chi connectivity index (χ1n) is 18.6. The summed E-state index contributed by atoms with van der Waals surface area (Å²) in [7, 11) is -3.76. The highest BCUT2D eigenvalue weighted by molar-refractivity contribution is 8.13. The molecule has 2 atom stereocenters. The molecule has 2 rings (SSSR count). The number of nitrogens with one attached hydrogen (secondary N) is 3. The van der Waals surface area contributed by atoms with Gasteiger partial charge in [-0.25, -0.2) is 25.1 Å². The molecule has 3 N–H and O–H groups in total. The monoisotopic (exact) mass is 767 g/mol. The number of imidazole rings is 1. The van der Waals surface area contributed by atoms with E-state index in [0.29, 0.717) is 29.8 Å². The predicted octanol–water partition coefficient (Wildman–Crippen LogP) is 7.17. The van der Waals surface area contributed by atoms with Gasteiger partial charge in [0.1, 0.15) is 18.2 Å². The van der Waals surface area contributed by atoms with E-state index in [1.165, 1.54) is 25.0 Å². The molecule has 0 fully saturated rings. The minimum Gasteiger partial charge on any atom is -0.464 e. The summed E-state index contributed by atoms with van der Waals surface area (Å²) in [4.78, 5) is 63.1. The molecule has 14 nitrogen and oxygen atoms in total. The molecule has 2 aromatic rings. The number of carbonyl (C=O) groups is 4. The molecule has 0 saturated heterocycles. The Hall–Kier alpha value is -2.71. The standard InChI is InChI=1S/C36H62N7O7PS/c1-9-11-13-15-16-19-29(45)35(5,6)41-51(48,42-36(7,8)34(47)49-21-17-14-12-10-2)26-50-27(3)23-43-25-39-31-32(37-24-38-33(31)43)40-30(46)20-18-22-52-28(4)44/h24-25,27H,9-23,26H2,1-8H3,(H2,41,42,48)(H,37,38,40,46)/t27-,51?/m1/s1. The predicted molar refractivity (Wildman–Crippen MR) is 207 cm³/mol. The van der Waals surface area contributed by atoms with Crippen molar-refractivity contribution in [2.24, 2.45) is 0 Å². The van der Waals surface area contributed by atoms with E-state index in [1.807, 2.05) is 0 Å². The molecule has 2 heterocycles. The Bertz CT molecular complexity index is 1460. The first-order chi connectivity index (χ1) is 24.5. The van der Waals surface area contributed by atoms with E-state index < -0.39 is 30.6 Å². The van der Waals surface area contributed by atoms with Crippen LogP contribution in [0.3, 0.4) is 0 Å². The van der Waals surface area contributed by atoms with Gasteiger partial charge in [0.25, 0.3) is 0 Å². The number of esters is 1. The van der Waals surface area contributed by atoms with Crippen molar-refractivity contribution in [3.8, 4) is 0 Å². The van der Waals surface area contributed by atoms with Gasteiger partial charge in [-0.15, -0.1) is 0 Å². The fraction of sp³-hybridized carbons (Fsp3) is 0.750. The van der Waals surface area contributed by atoms with Gasteiger partial charge < -0.3 is 19.4 Å². The molecule has 52 heavy (non-hydrogen) atoms. The van der Waals surface area contributed by atoms with Crippen molar-refractivity contribution in [1.29, 1.82) is 0 Å². The Balaban J connectivity index is 2.16. The van der Waals surface area contributed by atoms with Gasteiger partial charge in [-0.1, -0.05) is 70.6 Å². The van der Waals surface area contributed by atoms with Crippen LogP contribution in [0.15, 0.2) is 12.7 Å². The third kappa shape index (κ3) is 16.1. The summed E-state index contributed by atoms with van der Waals surface area (Å²) in [5.41, 5.74) is -1.63. The lowest BCUT2D eigenvalue weighted by molar-refractivity contribution is -0.149. The quantitative estimate of drug-likeness (QED) is 0.0473. The summed E-state index contributed by atoms with van der Waals surface area (Å²) < 4.78 is 28.1. The number of amides is 1. The molecule has 0 radical (unpaired) electrons. The van der Waals surface area contributed by atoms with Crippen molar-refractivity contribution >= 4 is 59.0 Å². The molecule has 16 heteroatoms. The van der Waals surface area contributed by atoms with Crippen molar-refractivity contribution in [2.75, 3.05) is 24.0 Å². The molecule has 0 aliphatic rings. The third-order valence-corrected chi connectivity index (χ3v) is 11.6. The maximum atomic E-state index is 14.7. The number of ether oxygens (including phenoxy) is 2. The summed E-state index contributed by atoms with van der Waals surface area (Å²) >= 11 is 1.18. The highest BCUT2D eigenvalue weighted by Crippen LogP contribution is 2.42. The van der Waals surface area contributed by atoms with Crippen molar-refractivity contribution < 1.29 is 33.2 Å². The largest absolute Gasteiger partial charge is 0.464 e. The summed E-state index contributed by atoms with van der Waals surface area (Å²) in [5, 5.41) is 8.87. The zero-order valence-electron chi connectivity index (χ0n) is 32.5. The fourth-order valence-electron chi connectivity index (χ4n) is 5.49. The number of anilines is 1. The number of fused-ring (bicyclic) bond motifs is 1. The van der Waals surface area contributed by atoms with Gasteiger partial charge in [0.2, 0.25) is 13.4 Å². The molecular formula is C36H62N7O7PS. The third-order valence-electron chi connectivity index (χ3n) is 8.37. The smallest absolute Gasteiger partial charge is 0.326 e. The van der Waals surface area contributed by atoms with Gasteiger partial charge in [-0.05, 0) is 53.9 Å². The number of carbonyl (C=O) groups excluding carboxylic acids is 4. The van der Waals surface area contributed by atoms with Crippen LogP contribution in [0.2, 0.25) is 0 Å². The lowest BCUT2D eigenvalue weighted by Crippen LogP contribution is -2.53. The first-order valence-corrected chi connectivity index (χ1v) is 21.5. The van der Waals surface area contributed by atoms with Crippen LogP contribution in [0.5, 0.6) is 0 Å². The van der Waals surface area contributed by atoms with Gasteiger partial charge in [-0.3, -0.25) is 23.7 Å². The molecule has 1 amide bonds. The van der Waals surface area contributed by atoms with Crippen LogP contribution in [0.25, 0.3) is 11.2 Å². The molecular weight excluding hydrogens is 705 g/mol. The summed E-state index contributed by atoms with van der Waals surface area (Å²) in [6.45, 7) is 14.7. The Morgan fingerprint density at radius 3 is 2.21 bits per heavy atom. The van der Waals surface area contributed by atoms with Crippen LogP contribution < -0.4 is 15.5 Å². The lowest BCUT2D eigenvalue weighted by atomic mass is 9.96. The minimum absolute atomic E-state index is 0.0106. The van der Waals surface area contributed by atoms with E-state index in [9.17, 15) is 23.7 Å². The highest BCUT2D eigenvalue weighted by atomic mass is 32.2. The Morgan fingerprint density at radius 2 is 1.54 bits per heavy atom. The van der Waals surface area contributed by atoms with E-state index in [4.69, 9.17) is 9.47 Å². The normalized spacial score (nSPS) is 13.8. The number of aromatic nitrogens is 4. The van der Waals surface area contributed by atoms with Gasteiger partial charge in [-0.2, -0.15) is 0 Å². The van der Waals surface area contributed by atoms with E-state index in [0.717, 1.165) is 57.8 Å². The summed E-state index contributed by atoms with van der Waals surface area (Å²) in [6, 6.07) is 0. The van der Waals surface area contributed by atoms with Crippen LogP contribution in [-0.4, -0.2) is 78.2 Å². The lowest BCUT2D eigenvalue weighted by Gasteiger charge is -2.36. The number of ketones is 1. The molecule has 0 saturated carbocycles. The van der Waals surface area contributed by atoms with Crippen LogP contribution in [0.4, 0.5) is 5.82 Å². The Labute approximate surface area is 314 Å². The van der Waals surface area contributed by atoms with Gasteiger partial charge in [0.15, 0.2) is 27.9 Å². The maximum Gasteiger partial charge on any atom is 0.326 e. The molecule has 0 aliphatic heterocycles. The Kier molecular flexibility index (Phi) is 19.7. The van der Waals surface area contributed by atoms with Crippen LogP contribution in [0.1, 0.15) is 132 Å². The van der Waals surface area contributed by atoms with Crippen molar-refractivity contribution in [2.45, 2.75) is 156 Å². The highest BCUT2D eigenvalue weighted by Gasteiger charge is 2.42.